The summed E-state index contributed by atoms with van der Waals surface area (Å²) < 4.78 is 71.8. The van der Waals surface area contributed by atoms with Gasteiger partial charge in [-0.3, -0.25) is 9.79 Å². The molecule has 2 aromatic rings. The minimum absolute atomic E-state index is 0.208. The zero-order chi connectivity index (χ0) is 21.6. The van der Waals surface area contributed by atoms with Crippen molar-refractivity contribution in [3.05, 3.63) is 59.4 Å². The van der Waals surface area contributed by atoms with Crippen molar-refractivity contribution in [2.75, 3.05) is 5.32 Å². The monoisotopic (exact) mass is 412 g/mol. The van der Waals surface area contributed by atoms with Crippen LogP contribution in [0.1, 0.15) is 36.3 Å². The van der Waals surface area contributed by atoms with Gasteiger partial charge in [0.1, 0.15) is 17.3 Å². The first-order valence-corrected chi connectivity index (χ1v) is 8.52. The number of carbonyl (C=O) groups is 1. The van der Waals surface area contributed by atoms with E-state index in [1.54, 1.807) is 0 Å². The van der Waals surface area contributed by atoms with Crippen molar-refractivity contribution in [2.24, 2.45) is 10.7 Å². The molecular formula is C19H17F5N4O. The standard InChI is InChI=1S/C19H17F5N4O/c1-17(22)9-19(23,24)18(2,28-16(17)25)11-4-3-5-12(14(11)21)27-15(29)13-7-6-10(20)8-26-13/h3-8H,9H2,1-2H3,(H2,25,28)(H,27,29)/t17-,18+/m0/s1. The number of carbonyl (C=O) groups excluding carboxylic acids is 1. The molecule has 10 heteroatoms. The maximum Gasteiger partial charge on any atom is 0.280 e. The molecule has 1 amide bonds. The molecule has 2 heterocycles. The highest BCUT2D eigenvalue weighted by Crippen LogP contribution is 2.50. The quantitative estimate of drug-likeness (QED) is 0.750. The molecule has 29 heavy (non-hydrogen) atoms. The molecule has 0 aliphatic carbocycles. The lowest BCUT2D eigenvalue weighted by atomic mass is 9.77. The summed E-state index contributed by atoms with van der Waals surface area (Å²) in [6.45, 7) is 1.82. The fraction of sp³-hybridized carbons (Fsp3) is 0.316. The minimum Gasteiger partial charge on any atom is -0.385 e. The molecule has 1 aliphatic heterocycles. The Labute approximate surface area is 162 Å². The highest BCUT2D eigenvalue weighted by molar-refractivity contribution is 6.03. The normalized spacial score (nSPS) is 26.0. The number of amides is 1. The van der Waals surface area contributed by atoms with Crippen LogP contribution in [-0.4, -0.2) is 28.3 Å². The van der Waals surface area contributed by atoms with E-state index in [1.165, 1.54) is 6.07 Å². The second-order valence-corrected chi connectivity index (χ2v) is 7.13. The van der Waals surface area contributed by atoms with E-state index in [4.69, 9.17) is 5.73 Å². The van der Waals surface area contributed by atoms with E-state index in [-0.39, 0.29) is 5.69 Å². The second-order valence-electron chi connectivity index (χ2n) is 7.13. The van der Waals surface area contributed by atoms with Gasteiger partial charge in [0.05, 0.1) is 18.3 Å². The predicted octanol–water partition coefficient (Wildman–Crippen LogP) is 3.95. The van der Waals surface area contributed by atoms with Crippen molar-refractivity contribution >= 4 is 17.4 Å². The van der Waals surface area contributed by atoms with Crippen LogP contribution in [0.15, 0.2) is 41.5 Å². The van der Waals surface area contributed by atoms with Gasteiger partial charge in [0, 0.05) is 5.56 Å². The smallest absolute Gasteiger partial charge is 0.280 e. The third-order valence-electron chi connectivity index (χ3n) is 4.88. The summed E-state index contributed by atoms with van der Waals surface area (Å²) in [5, 5.41) is 2.20. The number of pyridine rings is 1. The SMILES string of the molecule is C[C@]1(F)CC(F)(F)[C@@](C)(c2cccc(NC(=O)c3ccc(F)cn3)c2F)N=C1N. The Morgan fingerprint density at radius 1 is 1.14 bits per heavy atom. The molecular weight excluding hydrogens is 395 g/mol. The van der Waals surface area contributed by atoms with E-state index in [0.717, 1.165) is 44.3 Å². The minimum atomic E-state index is -3.76. The van der Waals surface area contributed by atoms with Gasteiger partial charge in [-0.15, -0.1) is 0 Å². The van der Waals surface area contributed by atoms with Gasteiger partial charge < -0.3 is 11.1 Å². The maximum absolute atomic E-state index is 15.1. The number of anilines is 1. The topological polar surface area (TPSA) is 80.4 Å². The molecule has 0 radical (unpaired) electrons. The number of alkyl halides is 3. The molecule has 1 aromatic heterocycles. The fourth-order valence-electron chi connectivity index (χ4n) is 3.08. The first-order valence-electron chi connectivity index (χ1n) is 8.52. The molecule has 0 saturated heterocycles. The van der Waals surface area contributed by atoms with Crippen LogP contribution in [0.4, 0.5) is 27.6 Å². The van der Waals surface area contributed by atoms with Gasteiger partial charge in [-0.2, -0.15) is 0 Å². The van der Waals surface area contributed by atoms with Crippen molar-refractivity contribution in [3.8, 4) is 0 Å². The van der Waals surface area contributed by atoms with Crippen LogP contribution in [0.3, 0.4) is 0 Å². The highest BCUT2D eigenvalue weighted by Gasteiger charge is 2.60. The largest absolute Gasteiger partial charge is 0.385 e. The van der Waals surface area contributed by atoms with Crippen molar-refractivity contribution in [1.82, 2.24) is 4.98 Å². The number of aliphatic imine (C=N–C) groups is 1. The van der Waals surface area contributed by atoms with E-state index in [1.807, 2.05) is 0 Å². The average molecular weight is 412 g/mol. The van der Waals surface area contributed by atoms with Gasteiger partial charge >= 0.3 is 0 Å². The Morgan fingerprint density at radius 3 is 2.45 bits per heavy atom. The van der Waals surface area contributed by atoms with Crippen molar-refractivity contribution in [2.45, 2.75) is 37.4 Å². The number of halogens is 5. The molecule has 1 aliphatic rings. The van der Waals surface area contributed by atoms with E-state index in [2.05, 4.69) is 15.3 Å². The van der Waals surface area contributed by atoms with Crippen LogP contribution < -0.4 is 11.1 Å². The summed E-state index contributed by atoms with van der Waals surface area (Å²) in [4.78, 5) is 19.4. The molecule has 5 nitrogen and oxygen atoms in total. The van der Waals surface area contributed by atoms with Gasteiger partial charge in [0.15, 0.2) is 17.0 Å². The first-order chi connectivity index (χ1) is 13.4. The number of nitrogens with two attached hydrogens (primary N) is 1. The number of nitrogens with one attached hydrogen (secondary N) is 1. The Morgan fingerprint density at radius 2 is 1.83 bits per heavy atom. The Kier molecular flexibility index (Phi) is 4.84. The summed E-state index contributed by atoms with van der Waals surface area (Å²) in [6.07, 6.45) is -0.474. The van der Waals surface area contributed by atoms with Crippen molar-refractivity contribution < 1.29 is 26.7 Å². The Bertz CT molecular complexity index is 991. The Balaban J connectivity index is 2.01. The fourth-order valence-corrected chi connectivity index (χ4v) is 3.08. The average Bonchev–Trinajstić information content (AvgIpc) is 2.61. The number of hydrogen-bond acceptors (Lipinski definition) is 4. The molecule has 2 atom stereocenters. The predicted molar refractivity (Wildman–Crippen MR) is 96.6 cm³/mol. The number of hydrogen-bond donors (Lipinski definition) is 2. The molecule has 0 fully saturated rings. The summed E-state index contributed by atoms with van der Waals surface area (Å²) in [5.41, 5.74) is -0.702. The summed E-state index contributed by atoms with van der Waals surface area (Å²) >= 11 is 0. The second kappa shape index (κ2) is 6.78. The molecule has 154 valence electrons. The molecule has 0 unspecified atom stereocenters. The van der Waals surface area contributed by atoms with Crippen LogP contribution in [0.2, 0.25) is 0 Å². The zero-order valence-corrected chi connectivity index (χ0v) is 15.4. The highest BCUT2D eigenvalue weighted by atomic mass is 19.3. The third kappa shape index (κ3) is 3.54. The molecule has 3 rings (SSSR count). The van der Waals surface area contributed by atoms with E-state index < -0.39 is 58.2 Å². The molecule has 1 aromatic carbocycles. The molecule has 3 N–H and O–H groups in total. The molecule has 0 saturated carbocycles. The summed E-state index contributed by atoms with van der Waals surface area (Å²) in [7, 11) is 0. The van der Waals surface area contributed by atoms with Gasteiger partial charge in [0.25, 0.3) is 11.8 Å². The number of benzene rings is 1. The number of amidine groups is 1. The lowest BCUT2D eigenvalue weighted by Gasteiger charge is -2.42. The number of nitrogens with zero attached hydrogens (tertiary/aromatic N) is 2. The van der Waals surface area contributed by atoms with Crippen LogP contribution in [0.25, 0.3) is 0 Å². The summed E-state index contributed by atoms with van der Waals surface area (Å²) in [6, 6.07) is 5.52. The maximum atomic E-state index is 15.1. The van der Waals surface area contributed by atoms with Crippen LogP contribution in [-0.2, 0) is 5.54 Å². The molecule has 0 bridgehead atoms. The van der Waals surface area contributed by atoms with Crippen molar-refractivity contribution in [3.63, 3.8) is 0 Å². The Hall–Kier alpha value is -3.04. The molecule has 0 spiro atoms. The van der Waals surface area contributed by atoms with E-state index in [9.17, 15) is 22.4 Å². The van der Waals surface area contributed by atoms with E-state index >= 15 is 4.39 Å². The number of rotatable bonds is 3. The lowest BCUT2D eigenvalue weighted by Crippen LogP contribution is -2.56. The van der Waals surface area contributed by atoms with Crippen LogP contribution in [0.5, 0.6) is 0 Å². The van der Waals surface area contributed by atoms with Gasteiger partial charge in [-0.25, -0.2) is 26.9 Å². The summed E-state index contributed by atoms with van der Waals surface area (Å²) in [5.74, 6) is -7.15. The van der Waals surface area contributed by atoms with E-state index in [0.29, 0.717) is 0 Å². The third-order valence-corrected chi connectivity index (χ3v) is 4.88. The van der Waals surface area contributed by atoms with Gasteiger partial charge in [-0.1, -0.05) is 12.1 Å². The van der Waals surface area contributed by atoms with Crippen LogP contribution in [0, 0.1) is 11.6 Å². The van der Waals surface area contributed by atoms with Gasteiger partial charge in [-0.05, 0) is 32.0 Å². The lowest BCUT2D eigenvalue weighted by molar-refractivity contribution is -0.106. The first kappa shape index (κ1) is 20.7. The number of aromatic nitrogens is 1. The zero-order valence-electron chi connectivity index (χ0n) is 15.4. The van der Waals surface area contributed by atoms with Gasteiger partial charge in [0.2, 0.25) is 0 Å². The van der Waals surface area contributed by atoms with Crippen LogP contribution >= 0.6 is 0 Å². The van der Waals surface area contributed by atoms with Crippen molar-refractivity contribution in [1.29, 1.82) is 0 Å².